The molecule has 2 unspecified atom stereocenters. The Morgan fingerprint density at radius 2 is 2.00 bits per heavy atom. The van der Waals surface area contributed by atoms with Crippen molar-refractivity contribution >= 4 is 12.0 Å². The number of aliphatic carboxylic acids is 1. The highest BCUT2D eigenvalue weighted by molar-refractivity contribution is 5.77. The van der Waals surface area contributed by atoms with Crippen LogP contribution in [-0.4, -0.2) is 77.5 Å². The van der Waals surface area contributed by atoms with Gasteiger partial charge in [-0.3, -0.25) is 4.79 Å². The zero-order chi connectivity index (χ0) is 14.0. The van der Waals surface area contributed by atoms with Crippen molar-refractivity contribution in [1.29, 1.82) is 0 Å². The summed E-state index contributed by atoms with van der Waals surface area (Å²) in [5.74, 6) is -1.62. The molecular weight excluding hydrogens is 252 g/mol. The Balaban J connectivity index is 2.02. The Hall–Kier alpha value is -1.34. The van der Waals surface area contributed by atoms with Crippen molar-refractivity contribution in [3.8, 4) is 0 Å². The smallest absolute Gasteiger partial charge is 0.320 e. The van der Waals surface area contributed by atoms with Crippen LogP contribution in [0.4, 0.5) is 4.79 Å². The number of urea groups is 1. The zero-order valence-corrected chi connectivity index (χ0v) is 11.0. The predicted octanol–water partition coefficient (Wildman–Crippen LogP) is -0.405. The van der Waals surface area contributed by atoms with E-state index in [-0.39, 0.29) is 31.9 Å². The van der Waals surface area contributed by atoms with E-state index in [1.54, 1.807) is 11.9 Å². The average molecular weight is 272 g/mol. The monoisotopic (exact) mass is 272 g/mol. The first-order valence-electron chi connectivity index (χ1n) is 6.51. The molecule has 7 heteroatoms. The standard InChI is InChI=1S/C12H20N2O5/c1-13(10-7-19-6-9(10)11(16)17)12(18)14(4-5-15)8-2-3-8/h8-10,15H,2-7H2,1H3,(H,16,17). The third-order valence-electron chi connectivity index (χ3n) is 3.74. The number of carbonyl (C=O) groups excluding carboxylic acids is 1. The number of hydrogen-bond donors (Lipinski definition) is 2. The van der Waals surface area contributed by atoms with Gasteiger partial charge in [-0.15, -0.1) is 0 Å². The molecule has 0 aromatic rings. The zero-order valence-electron chi connectivity index (χ0n) is 11.0. The minimum absolute atomic E-state index is 0.0837. The summed E-state index contributed by atoms with van der Waals surface area (Å²) >= 11 is 0. The minimum Gasteiger partial charge on any atom is -0.481 e. The summed E-state index contributed by atoms with van der Waals surface area (Å²) < 4.78 is 5.18. The van der Waals surface area contributed by atoms with Crippen molar-refractivity contribution in [2.75, 3.05) is 33.4 Å². The highest BCUT2D eigenvalue weighted by Crippen LogP contribution is 2.29. The second kappa shape index (κ2) is 5.75. The van der Waals surface area contributed by atoms with E-state index in [0.29, 0.717) is 6.54 Å². The lowest BCUT2D eigenvalue weighted by Gasteiger charge is -2.32. The van der Waals surface area contributed by atoms with Crippen LogP contribution in [0, 0.1) is 5.92 Å². The van der Waals surface area contributed by atoms with Crippen LogP contribution in [0.5, 0.6) is 0 Å². The van der Waals surface area contributed by atoms with Crippen LogP contribution in [0.1, 0.15) is 12.8 Å². The number of likely N-dealkylation sites (N-methyl/N-ethyl adjacent to an activating group) is 1. The van der Waals surface area contributed by atoms with Gasteiger partial charge in [-0.25, -0.2) is 4.79 Å². The Kier molecular flexibility index (Phi) is 4.26. The number of carbonyl (C=O) groups is 2. The Morgan fingerprint density at radius 1 is 1.32 bits per heavy atom. The van der Waals surface area contributed by atoms with Crippen molar-refractivity contribution in [2.45, 2.75) is 24.9 Å². The fourth-order valence-corrected chi connectivity index (χ4v) is 2.43. The Bertz CT molecular complexity index is 358. The van der Waals surface area contributed by atoms with Gasteiger partial charge in [-0.05, 0) is 12.8 Å². The van der Waals surface area contributed by atoms with Crippen LogP contribution in [0.25, 0.3) is 0 Å². The van der Waals surface area contributed by atoms with Crippen molar-refractivity contribution in [3.63, 3.8) is 0 Å². The number of amides is 2. The molecule has 0 spiro atoms. The molecule has 1 saturated carbocycles. The van der Waals surface area contributed by atoms with Gasteiger partial charge in [0.2, 0.25) is 0 Å². The SMILES string of the molecule is CN(C(=O)N(CCO)C1CC1)C1COCC1C(=O)O. The molecule has 0 bridgehead atoms. The number of aliphatic hydroxyl groups excluding tert-OH is 1. The minimum atomic E-state index is -0.942. The summed E-state index contributed by atoms with van der Waals surface area (Å²) in [5.41, 5.74) is 0. The fraction of sp³-hybridized carbons (Fsp3) is 0.833. The van der Waals surface area contributed by atoms with Crippen LogP contribution in [-0.2, 0) is 9.53 Å². The number of carboxylic acid groups (broad SMARTS) is 1. The highest BCUT2D eigenvalue weighted by atomic mass is 16.5. The molecule has 0 aromatic heterocycles. The van der Waals surface area contributed by atoms with Crippen molar-refractivity contribution in [1.82, 2.24) is 9.80 Å². The molecule has 1 saturated heterocycles. The van der Waals surface area contributed by atoms with E-state index in [2.05, 4.69) is 0 Å². The van der Waals surface area contributed by atoms with E-state index in [1.807, 2.05) is 0 Å². The first kappa shape index (κ1) is 14.1. The van der Waals surface area contributed by atoms with Crippen molar-refractivity contribution in [2.24, 2.45) is 5.92 Å². The molecular formula is C12H20N2O5. The molecule has 0 radical (unpaired) electrons. The summed E-state index contributed by atoms with van der Waals surface area (Å²) in [5, 5.41) is 18.1. The third kappa shape index (κ3) is 2.98. The lowest BCUT2D eigenvalue weighted by atomic mass is 10.0. The van der Waals surface area contributed by atoms with Gasteiger partial charge in [0.15, 0.2) is 0 Å². The lowest BCUT2D eigenvalue weighted by molar-refractivity contribution is -0.142. The number of nitrogens with zero attached hydrogens (tertiary/aromatic N) is 2. The van der Waals surface area contributed by atoms with Gasteiger partial charge in [-0.2, -0.15) is 0 Å². The molecule has 7 nitrogen and oxygen atoms in total. The van der Waals surface area contributed by atoms with E-state index < -0.39 is 17.9 Å². The van der Waals surface area contributed by atoms with Gasteiger partial charge in [0.1, 0.15) is 5.92 Å². The molecule has 1 aliphatic heterocycles. The molecule has 2 amide bonds. The van der Waals surface area contributed by atoms with E-state index in [4.69, 9.17) is 14.9 Å². The van der Waals surface area contributed by atoms with E-state index >= 15 is 0 Å². The molecule has 2 N–H and O–H groups in total. The third-order valence-corrected chi connectivity index (χ3v) is 3.74. The van der Waals surface area contributed by atoms with Crippen LogP contribution in [0.3, 0.4) is 0 Å². The number of rotatable bonds is 5. The molecule has 0 aromatic carbocycles. The lowest BCUT2D eigenvalue weighted by Crippen LogP contribution is -2.51. The van der Waals surface area contributed by atoms with Crippen LogP contribution in [0.15, 0.2) is 0 Å². The van der Waals surface area contributed by atoms with E-state index in [1.165, 1.54) is 4.90 Å². The van der Waals surface area contributed by atoms with Gasteiger partial charge in [0.25, 0.3) is 0 Å². The highest BCUT2D eigenvalue weighted by Gasteiger charge is 2.41. The van der Waals surface area contributed by atoms with Crippen LogP contribution in [0.2, 0.25) is 0 Å². The summed E-state index contributed by atoms with van der Waals surface area (Å²) in [4.78, 5) is 26.5. The molecule has 1 heterocycles. The van der Waals surface area contributed by atoms with Gasteiger partial charge in [-0.1, -0.05) is 0 Å². The number of aliphatic hydroxyl groups is 1. The summed E-state index contributed by atoms with van der Waals surface area (Å²) in [7, 11) is 1.60. The maximum Gasteiger partial charge on any atom is 0.320 e. The summed E-state index contributed by atoms with van der Waals surface area (Å²) in [6, 6.07) is -0.476. The average Bonchev–Trinajstić information content (AvgIpc) is 3.09. The van der Waals surface area contributed by atoms with Crippen LogP contribution < -0.4 is 0 Å². The first-order chi connectivity index (χ1) is 9.06. The molecule has 108 valence electrons. The quantitative estimate of drug-likeness (QED) is 0.710. The molecule has 2 aliphatic rings. The van der Waals surface area contributed by atoms with Gasteiger partial charge >= 0.3 is 12.0 Å². The molecule has 2 rings (SSSR count). The maximum atomic E-state index is 12.4. The van der Waals surface area contributed by atoms with E-state index in [0.717, 1.165) is 12.8 Å². The number of carboxylic acids is 1. The second-order valence-corrected chi connectivity index (χ2v) is 5.09. The van der Waals surface area contributed by atoms with E-state index in [9.17, 15) is 9.59 Å². The van der Waals surface area contributed by atoms with Gasteiger partial charge < -0.3 is 24.7 Å². The van der Waals surface area contributed by atoms with Gasteiger partial charge in [0.05, 0.1) is 25.9 Å². The Labute approximate surface area is 111 Å². The largest absolute Gasteiger partial charge is 0.481 e. The molecule has 2 fully saturated rings. The Morgan fingerprint density at radius 3 is 2.53 bits per heavy atom. The molecule has 19 heavy (non-hydrogen) atoms. The summed E-state index contributed by atoms with van der Waals surface area (Å²) in [6.07, 6.45) is 1.90. The number of hydrogen-bond acceptors (Lipinski definition) is 4. The topological polar surface area (TPSA) is 90.3 Å². The maximum absolute atomic E-state index is 12.4. The normalized spacial score (nSPS) is 26.2. The fourth-order valence-electron chi connectivity index (χ4n) is 2.43. The first-order valence-corrected chi connectivity index (χ1v) is 6.51. The number of ether oxygens (including phenoxy) is 1. The molecule has 2 atom stereocenters. The predicted molar refractivity (Wildman–Crippen MR) is 65.7 cm³/mol. The molecule has 1 aliphatic carbocycles. The van der Waals surface area contributed by atoms with Crippen LogP contribution >= 0.6 is 0 Å². The second-order valence-electron chi connectivity index (χ2n) is 5.09. The summed E-state index contributed by atoms with van der Waals surface area (Å²) in [6.45, 7) is 0.594. The van der Waals surface area contributed by atoms with Gasteiger partial charge in [0, 0.05) is 19.6 Å². The van der Waals surface area contributed by atoms with Crippen molar-refractivity contribution in [3.05, 3.63) is 0 Å². The van der Waals surface area contributed by atoms with Crippen molar-refractivity contribution < 1.29 is 24.5 Å².